The number of aromatic nitrogens is 1. The fraction of sp³-hybridized carbons (Fsp3) is 0.541. The van der Waals surface area contributed by atoms with Gasteiger partial charge in [-0.2, -0.15) is 0 Å². The first kappa shape index (κ1) is 32.8. The quantitative estimate of drug-likeness (QED) is 0.210. The second-order valence-electron chi connectivity index (χ2n) is 15.2. The summed E-state index contributed by atoms with van der Waals surface area (Å²) in [5.74, 6) is 1.64. The van der Waals surface area contributed by atoms with Crippen molar-refractivity contribution in [3.8, 4) is 11.5 Å². The maximum absolute atomic E-state index is 6.14. The maximum Gasteiger partial charge on any atom is 0.129 e. The highest BCUT2D eigenvalue weighted by Crippen LogP contribution is 2.29. The van der Waals surface area contributed by atoms with E-state index in [0.29, 0.717) is 12.6 Å². The van der Waals surface area contributed by atoms with Crippen molar-refractivity contribution in [2.75, 3.05) is 36.5 Å². The average molecular weight is 587 g/mol. The van der Waals surface area contributed by atoms with Crippen LogP contribution in [0, 0.1) is 10.8 Å². The molecule has 43 heavy (non-hydrogen) atoms. The molecule has 0 spiro atoms. The van der Waals surface area contributed by atoms with Crippen LogP contribution in [-0.4, -0.2) is 42.8 Å². The number of hydrogen-bond donors (Lipinski definition) is 2. The average Bonchev–Trinajstić information content (AvgIpc) is 3.36. The van der Waals surface area contributed by atoms with Gasteiger partial charge in [-0.3, -0.25) is 4.98 Å². The topological polar surface area (TPSA) is 58.7 Å². The molecule has 0 aliphatic carbocycles. The van der Waals surface area contributed by atoms with E-state index in [1.807, 2.05) is 24.3 Å². The van der Waals surface area contributed by atoms with E-state index in [4.69, 9.17) is 14.5 Å². The molecule has 0 bridgehead atoms. The Bertz CT molecular complexity index is 1270. The molecule has 3 aromatic rings. The van der Waals surface area contributed by atoms with Crippen molar-refractivity contribution in [1.29, 1.82) is 0 Å². The van der Waals surface area contributed by atoms with Gasteiger partial charge in [0.25, 0.3) is 0 Å². The van der Waals surface area contributed by atoms with Gasteiger partial charge in [0.1, 0.15) is 11.5 Å². The third kappa shape index (κ3) is 11.5. The zero-order valence-corrected chi connectivity index (χ0v) is 27.8. The number of nitrogens with zero attached hydrogens (tertiary/aromatic N) is 2. The third-order valence-corrected chi connectivity index (χ3v) is 7.59. The Labute approximate surface area is 260 Å². The number of anilines is 2. The van der Waals surface area contributed by atoms with E-state index in [1.165, 1.54) is 12.1 Å². The predicted octanol–water partition coefficient (Wildman–Crippen LogP) is 8.47. The van der Waals surface area contributed by atoms with Gasteiger partial charge in [0, 0.05) is 48.7 Å². The summed E-state index contributed by atoms with van der Waals surface area (Å²) in [6.45, 7) is 22.3. The molecule has 0 radical (unpaired) electrons. The van der Waals surface area contributed by atoms with Crippen molar-refractivity contribution in [2.45, 2.75) is 92.8 Å². The predicted molar refractivity (Wildman–Crippen MR) is 180 cm³/mol. The van der Waals surface area contributed by atoms with E-state index in [9.17, 15) is 0 Å². The summed E-state index contributed by atoms with van der Waals surface area (Å²) in [4.78, 5) is 7.30. The summed E-state index contributed by atoms with van der Waals surface area (Å²) in [6, 6.07) is 21.3. The van der Waals surface area contributed by atoms with Crippen molar-refractivity contribution in [1.82, 2.24) is 10.3 Å². The van der Waals surface area contributed by atoms with Gasteiger partial charge in [-0.05, 0) is 92.8 Å². The first-order valence-electron chi connectivity index (χ1n) is 15.9. The molecule has 0 unspecified atom stereocenters. The molecule has 2 heterocycles. The van der Waals surface area contributed by atoms with Gasteiger partial charge in [0.15, 0.2) is 0 Å². The van der Waals surface area contributed by atoms with Gasteiger partial charge in [-0.1, -0.05) is 52.8 Å². The Morgan fingerprint density at radius 3 is 2.35 bits per heavy atom. The number of pyridine rings is 1. The molecular formula is C37H54N4O2. The zero-order valence-electron chi connectivity index (χ0n) is 27.8. The van der Waals surface area contributed by atoms with Crippen LogP contribution in [0.3, 0.4) is 0 Å². The van der Waals surface area contributed by atoms with Crippen LogP contribution in [-0.2, 0) is 17.8 Å². The Morgan fingerprint density at radius 2 is 1.67 bits per heavy atom. The van der Waals surface area contributed by atoms with Crippen LogP contribution in [0.1, 0.15) is 79.5 Å². The molecule has 1 aromatic heterocycles. The number of hydrogen-bond acceptors (Lipinski definition) is 6. The summed E-state index contributed by atoms with van der Waals surface area (Å²) in [7, 11) is 0. The van der Waals surface area contributed by atoms with Gasteiger partial charge in [-0.15, -0.1) is 0 Å². The molecule has 234 valence electrons. The summed E-state index contributed by atoms with van der Waals surface area (Å²) in [6.07, 6.45) is 5.22. The van der Waals surface area contributed by atoms with E-state index in [0.717, 1.165) is 67.5 Å². The van der Waals surface area contributed by atoms with Crippen molar-refractivity contribution >= 4 is 11.4 Å². The highest BCUT2D eigenvalue weighted by Gasteiger charge is 2.26. The largest absolute Gasteiger partial charge is 0.457 e. The Hall–Kier alpha value is -3.09. The van der Waals surface area contributed by atoms with Gasteiger partial charge < -0.3 is 25.0 Å². The van der Waals surface area contributed by atoms with E-state index < -0.39 is 0 Å². The molecule has 4 rings (SSSR count). The summed E-state index contributed by atoms with van der Waals surface area (Å²) >= 11 is 0. The van der Waals surface area contributed by atoms with Crippen molar-refractivity contribution < 1.29 is 9.47 Å². The lowest BCUT2D eigenvalue weighted by molar-refractivity contribution is 0.0599. The minimum Gasteiger partial charge on any atom is -0.457 e. The Kier molecular flexibility index (Phi) is 10.8. The molecular weight excluding hydrogens is 532 g/mol. The molecule has 1 aliphatic heterocycles. The smallest absolute Gasteiger partial charge is 0.129 e. The third-order valence-electron chi connectivity index (χ3n) is 7.59. The summed E-state index contributed by atoms with van der Waals surface area (Å²) < 4.78 is 12.0. The standard InChI is InChI=1S/C37H54N4O2/c1-35(2,3)27-42-26-28-12-16-33(17-13-28)43-34-11-9-10-29(22-34)38-20-19-37(7,8)23-30-14-15-32(24-39-30)41-21-18-31(25-41)40-36(4,5)6/h9-17,22,24,31,38,40H,18-21,23,25-27H2,1-8H3/t31-/m1/s1. The highest BCUT2D eigenvalue weighted by atomic mass is 16.5. The SMILES string of the molecule is CC(C)(C)COCc1ccc(Oc2cccc(NCCC(C)(C)Cc3ccc(N4CC[C@@H](NC(C)(C)C)C4)cn3)c2)cc1. The fourth-order valence-corrected chi connectivity index (χ4v) is 5.49. The molecule has 1 saturated heterocycles. The first-order valence-corrected chi connectivity index (χ1v) is 15.9. The maximum atomic E-state index is 6.14. The van der Waals surface area contributed by atoms with Crippen LogP contribution >= 0.6 is 0 Å². The summed E-state index contributed by atoms with van der Waals surface area (Å²) in [5, 5.41) is 7.33. The lowest BCUT2D eigenvalue weighted by Crippen LogP contribution is -2.44. The van der Waals surface area contributed by atoms with E-state index in [-0.39, 0.29) is 16.4 Å². The van der Waals surface area contributed by atoms with Crippen LogP contribution in [0.15, 0.2) is 66.9 Å². The normalized spacial score (nSPS) is 16.0. The van der Waals surface area contributed by atoms with Gasteiger partial charge >= 0.3 is 0 Å². The van der Waals surface area contributed by atoms with Crippen LogP contribution in [0.25, 0.3) is 0 Å². The second kappa shape index (κ2) is 14.1. The van der Waals surface area contributed by atoms with E-state index in [1.54, 1.807) is 0 Å². The molecule has 6 nitrogen and oxygen atoms in total. The van der Waals surface area contributed by atoms with E-state index >= 15 is 0 Å². The number of nitrogens with one attached hydrogen (secondary N) is 2. The number of ether oxygens (including phenoxy) is 2. The lowest BCUT2D eigenvalue weighted by Gasteiger charge is -2.26. The minimum absolute atomic E-state index is 0.128. The zero-order chi connectivity index (χ0) is 31.1. The first-order chi connectivity index (χ1) is 20.2. The molecule has 2 N–H and O–H groups in total. The van der Waals surface area contributed by atoms with Crippen LogP contribution in [0.2, 0.25) is 0 Å². The van der Waals surface area contributed by atoms with Crippen LogP contribution in [0.4, 0.5) is 11.4 Å². The molecule has 0 amide bonds. The highest BCUT2D eigenvalue weighted by molar-refractivity contribution is 5.49. The molecule has 0 saturated carbocycles. The fourth-order valence-electron chi connectivity index (χ4n) is 5.49. The molecule has 2 aromatic carbocycles. The van der Waals surface area contributed by atoms with Crippen molar-refractivity contribution in [2.24, 2.45) is 10.8 Å². The number of benzene rings is 2. The molecule has 1 atom stereocenters. The minimum atomic E-state index is 0.128. The molecule has 1 aliphatic rings. The molecule has 6 heteroatoms. The van der Waals surface area contributed by atoms with Crippen molar-refractivity contribution in [3.63, 3.8) is 0 Å². The van der Waals surface area contributed by atoms with Crippen LogP contribution in [0.5, 0.6) is 11.5 Å². The Morgan fingerprint density at radius 1 is 0.907 bits per heavy atom. The summed E-state index contributed by atoms with van der Waals surface area (Å²) in [5.41, 5.74) is 5.04. The van der Waals surface area contributed by atoms with Gasteiger partial charge in [-0.25, -0.2) is 0 Å². The monoisotopic (exact) mass is 586 g/mol. The number of rotatable bonds is 13. The van der Waals surface area contributed by atoms with Gasteiger partial charge in [0.2, 0.25) is 0 Å². The second-order valence-corrected chi connectivity index (χ2v) is 15.2. The van der Waals surface area contributed by atoms with Gasteiger partial charge in [0.05, 0.1) is 25.1 Å². The Balaban J connectivity index is 1.21. The van der Waals surface area contributed by atoms with E-state index in [2.05, 4.69) is 114 Å². The van der Waals surface area contributed by atoms with Crippen LogP contribution < -0.4 is 20.3 Å². The molecule has 1 fully saturated rings. The van der Waals surface area contributed by atoms with Crippen molar-refractivity contribution in [3.05, 3.63) is 78.1 Å². The lowest BCUT2D eigenvalue weighted by atomic mass is 9.84.